The van der Waals surface area contributed by atoms with Crippen LogP contribution >= 0.6 is 0 Å². The molecule has 0 aromatic rings. The Labute approximate surface area is 49.2 Å². The lowest BCUT2D eigenvalue weighted by atomic mass is 9.93. The SMILES string of the molecule is C1COC2NCC2C1. The molecule has 0 radical (unpaired) electrons. The smallest absolute Gasteiger partial charge is 0.112 e. The van der Waals surface area contributed by atoms with Gasteiger partial charge in [0.2, 0.25) is 0 Å². The summed E-state index contributed by atoms with van der Waals surface area (Å²) in [5.74, 6) is 0.851. The molecule has 8 heavy (non-hydrogen) atoms. The molecule has 0 spiro atoms. The van der Waals surface area contributed by atoms with Crippen LogP contribution < -0.4 is 5.32 Å². The molecule has 2 saturated heterocycles. The molecule has 2 rings (SSSR count). The van der Waals surface area contributed by atoms with E-state index in [-0.39, 0.29) is 0 Å². The Morgan fingerprint density at radius 1 is 1.50 bits per heavy atom. The van der Waals surface area contributed by atoms with E-state index in [4.69, 9.17) is 4.74 Å². The second-order valence-corrected chi connectivity index (χ2v) is 2.60. The minimum atomic E-state index is 0.434. The van der Waals surface area contributed by atoms with E-state index in [1.165, 1.54) is 19.4 Å². The van der Waals surface area contributed by atoms with Crippen LogP contribution in [-0.4, -0.2) is 19.4 Å². The fourth-order valence-electron chi connectivity index (χ4n) is 1.39. The molecule has 2 nitrogen and oxygen atoms in total. The van der Waals surface area contributed by atoms with Crippen molar-refractivity contribution < 1.29 is 4.74 Å². The van der Waals surface area contributed by atoms with Crippen LogP contribution in [0.2, 0.25) is 0 Å². The van der Waals surface area contributed by atoms with E-state index in [1.807, 2.05) is 0 Å². The molecule has 0 bridgehead atoms. The van der Waals surface area contributed by atoms with E-state index in [0.29, 0.717) is 6.23 Å². The molecule has 0 saturated carbocycles. The number of fused-ring (bicyclic) bond motifs is 1. The first-order valence-electron chi connectivity index (χ1n) is 3.32. The lowest BCUT2D eigenvalue weighted by Crippen LogP contribution is -2.56. The van der Waals surface area contributed by atoms with Crippen molar-refractivity contribution in [1.29, 1.82) is 0 Å². The molecule has 1 N–H and O–H groups in total. The van der Waals surface area contributed by atoms with Gasteiger partial charge in [0.05, 0.1) is 0 Å². The fourth-order valence-corrected chi connectivity index (χ4v) is 1.39. The van der Waals surface area contributed by atoms with Crippen molar-refractivity contribution in [3.8, 4) is 0 Å². The van der Waals surface area contributed by atoms with Gasteiger partial charge in [-0.1, -0.05) is 0 Å². The summed E-state index contributed by atoms with van der Waals surface area (Å²) in [6.07, 6.45) is 3.07. The Bertz CT molecular complexity index is 82.5. The van der Waals surface area contributed by atoms with Crippen LogP contribution in [-0.2, 0) is 4.74 Å². The van der Waals surface area contributed by atoms with Crippen molar-refractivity contribution in [2.45, 2.75) is 19.1 Å². The van der Waals surface area contributed by atoms with Gasteiger partial charge in [0.1, 0.15) is 6.23 Å². The summed E-state index contributed by atoms with van der Waals surface area (Å²) in [4.78, 5) is 0. The predicted molar refractivity (Wildman–Crippen MR) is 30.5 cm³/mol. The van der Waals surface area contributed by atoms with Gasteiger partial charge in [-0.05, 0) is 12.8 Å². The predicted octanol–water partition coefficient (Wildman–Crippen LogP) is 0.342. The summed E-state index contributed by atoms with van der Waals surface area (Å²) in [6, 6.07) is 0. The van der Waals surface area contributed by atoms with Crippen molar-refractivity contribution in [2.75, 3.05) is 13.2 Å². The summed E-state index contributed by atoms with van der Waals surface area (Å²) < 4.78 is 5.37. The van der Waals surface area contributed by atoms with E-state index in [9.17, 15) is 0 Å². The summed E-state index contributed by atoms with van der Waals surface area (Å²) in [6.45, 7) is 2.15. The zero-order chi connectivity index (χ0) is 5.40. The van der Waals surface area contributed by atoms with Crippen LogP contribution in [0.25, 0.3) is 0 Å². The number of rotatable bonds is 0. The molecule has 0 aliphatic carbocycles. The Balaban J connectivity index is 1.92. The average molecular weight is 113 g/mol. The van der Waals surface area contributed by atoms with E-state index in [2.05, 4.69) is 5.32 Å². The van der Waals surface area contributed by atoms with Gasteiger partial charge in [-0.2, -0.15) is 0 Å². The molecule has 0 amide bonds. The van der Waals surface area contributed by atoms with Gasteiger partial charge in [0.25, 0.3) is 0 Å². The summed E-state index contributed by atoms with van der Waals surface area (Å²) in [5, 5.41) is 3.23. The molecule has 2 aliphatic rings. The van der Waals surface area contributed by atoms with Gasteiger partial charge in [0.15, 0.2) is 0 Å². The monoisotopic (exact) mass is 113 g/mol. The highest BCUT2D eigenvalue weighted by atomic mass is 16.5. The average Bonchev–Trinajstić information content (AvgIpc) is 1.72. The van der Waals surface area contributed by atoms with E-state index < -0.39 is 0 Å². The van der Waals surface area contributed by atoms with Gasteiger partial charge in [-0.3, -0.25) is 5.32 Å². The van der Waals surface area contributed by atoms with Crippen LogP contribution in [0.15, 0.2) is 0 Å². The first-order valence-corrected chi connectivity index (χ1v) is 3.32. The number of hydrogen-bond acceptors (Lipinski definition) is 2. The Morgan fingerprint density at radius 3 is 2.88 bits per heavy atom. The lowest BCUT2D eigenvalue weighted by Gasteiger charge is -2.41. The van der Waals surface area contributed by atoms with Crippen LogP contribution in [0.4, 0.5) is 0 Å². The Kier molecular flexibility index (Phi) is 1.02. The number of hydrogen-bond donors (Lipinski definition) is 1. The maximum atomic E-state index is 5.37. The van der Waals surface area contributed by atoms with Crippen molar-refractivity contribution in [3.05, 3.63) is 0 Å². The van der Waals surface area contributed by atoms with Crippen molar-refractivity contribution in [1.82, 2.24) is 5.32 Å². The molecule has 0 aromatic carbocycles. The second kappa shape index (κ2) is 1.71. The van der Waals surface area contributed by atoms with Crippen molar-refractivity contribution in [3.63, 3.8) is 0 Å². The first-order chi connectivity index (χ1) is 3.97. The second-order valence-electron chi connectivity index (χ2n) is 2.60. The summed E-state index contributed by atoms with van der Waals surface area (Å²) in [5.41, 5.74) is 0. The first kappa shape index (κ1) is 4.77. The maximum absolute atomic E-state index is 5.37. The molecule has 2 unspecified atom stereocenters. The largest absolute Gasteiger partial charge is 0.363 e. The van der Waals surface area contributed by atoms with Crippen molar-refractivity contribution >= 4 is 0 Å². The third-order valence-electron chi connectivity index (χ3n) is 2.03. The lowest BCUT2D eigenvalue weighted by molar-refractivity contribution is -0.0943. The van der Waals surface area contributed by atoms with E-state index >= 15 is 0 Å². The van der Waals surface area contributed by atoms with E-state index in [0.717, 1.165) is 12.5 Å². The zero-order valence-corrected chi connectivity index (χ0v) is 4.89. The number of nitrogens with one attached hydrogen (secondary N) is 1. The summed E-state index contributed by atoms with van der Waals surface area (Å²) in [7, 11) is 0. The molecule has 2 atom stereocenters. The minimum Gasteiger partial charge on any atom is -0.363 e. The Morgan fingerprint density at radius 2 is 2.50 bits per heavy atom. The molecule has 2 heteroatoms. The Hall–Kier alpha value is -0.0800. The van der Waals surface area contributed by atoms with Gasteiger partial charge < -0.3 is 4.74 Å². The van der Waals surface area contributed by atoms with Crippen LogP contribution in [0.1, 0.15) is 12.8 Å². The fraction of sp³-hybridized carbons (Fsp3) is 1.00. The quantitative estimate of drug-likeness (QED) is 0.489. The van der Waals surface area contributed by atoms with E-state index in [1.54, 1.807) is 0 Å². The number of ether oxygens (including phenoxy) is 1. The highest BCUT2D eigenvalue weighted by Crippen LogP contribution is 2.24. The van der Waals surface area contributed by atoms with Gasteiger partial charge in [-0.15, -0.1) is 0 Å². The highest BCUT2D eigenvalue weighted by Gasteiger charge is 2.32. The molecule has 2 aliphatic heterocycles. The normalized spacial score (nSPS) is 45.0. The zero-order valence-electron chi connectivity index (χ0n) is 4.89. The third kappa shape index (κ3) is 0.565. The molecule has 2 fully saturated rings. The standard InChI is InChI=1S/C6H11NO/c1-2-5-4-7-6(5)8-3-1/h5-7H,1-4H2. The van der Waals surface area contributed by atoms with Gasteiger partial charge >= 0.3 is 0 Å². The van der Waals surface area contributed by atoms with Crippen molar-refractivity contribution in [2.24, 2.45) is 5.92 Å². The van der Waals surface area contributed by atoms with Crippen LogP contribution in [0.5, 0.6) is 0 Å². The van der Waals surface area contributed by atoms with Gasteiger partial charge in [-0.25, -0.2) is 0 Å². The molecule has 46 valence electrons. The molecular formula is C6H11NO. The molecule has 0 aromatic heterocycles. The topological polar surface area (TPSA) is 21.3 Å². The third-order valence-corrected chi connectivity index (χ3v) is 2.03. The van der Waals surface area contributed by atoms with Crippen LogP contribution in [0, 0.1) is 5.92 Å². The van der Waals surface area contributed by atoms with Crippen LogP contribution in [0.3, 0.4) is 0 Å². The molecule has 2 heterocycles. The molecular weight excluding hydrogens is 102 g/mol. The maximum Gasteiger partial charge on any atom is 0.112 e. The summed E-state index contributed by atoms with van der Waals surface area (Å²) >= 11 is 0. The highest BCUT2D eigenvalue weighted by molar-refractivity contribution is 4.83. The minimum absolute atomic E-state index is 0.434. The van der Waals surface area contributed by atoms with Gasteiger partial charge in [0, 0.05) is 19.1 Å².